The summed E-state index contributed by atoms with van der Waals surface area (Å²) in [7, 11) is 0. The quantitative estimate of drug-likeness (QED) is 0.0199. The lowest BCUT2D eigenvalue weighted by molar-refractivity contribution is -0.379. The number of aliphatic hydroxyl groups is 11. The summed E-state index contributed by atoms with van der Waals surface area (Å²) in [6.07, 6.45) is 48.9. The molecule has 3 aliphatic rings. The van der Waals surface area contributed by atoms with Crippen molar-refractivity contribution in [3.8, 4) is 0 Å². The summed E-state index contributed by atoms with van der Waals surface area (Å²) in [4.78, 5) is 13.4. The number of ether oxygens (including phenoxy) is 6. The highest BCUT2D eigenvalue weighted by molar-refractivity contribution is 5.76. The number of allylic oxidation sites excluding steroid dienone is 19. The molecule has 1 amide bonds. The van der Waals surface area contributed by atoms with Crippen molar-refractivity contribution in [2.24, 2.45) is 0 Å². The lowest BCUT2D eigenvalue weighted by Crippen LogP contribution is -2.66. The van der Waals surface area contributed by atoms with E-state index < -0.39 is 124 Å². The van der Waals surface area contributed by atoms with Gasteiger partial charge in [-0.25, -0.2) is 0 Å². The van der Waals surface area contributed by atoms with Gasteiger partial charge >= 0.3 is 0 Å². The predicted molar refractivity (Wildman–Crippen MR) is 369 cm³/mol. The third-order valence-electron chi connectivity index (χ3n) is 17.0. The summed E-state index contributed by atoms with van der Waals surface area (Å²) < 4.78 is 34.3. The van der Waals surface area contributed by atoms with Crippen LogP contribution in [-0.2, 0) is 33.2 Å². The van der Waals surface area contributed by atoms with Crippen molar-refractivity contribution >= 4 is 5.91 Å². The van der Waals surface area contributed by atoms with E-state index in [0.29, 0.717) is 12.8 Å². The van der Waals surface area contributed by atoms with Gasteiger partial charge in [-0.2, -0.15) is 0 Å². The Morgan fingerprint density at radius 1 is 0.394 bits per heavy atom. The number of rotatable bonds is 53. The van der Waals surface area contributed by atoms with Crippen LogP contribution in [0, 0.1) is 0 Å². The molecule has 0 spiro atoms. The minimum Gasteiger partial charge on any atom is -0.394 e. The molecule has 3 rings (SSSR count). The molecular weight excluding hydrogens is 1200 g/mol. The first kappa shape index (κ1) is 84.4. The van der Waals surface area contributed by atoms with Crippen LogP contribution in [0.5, 0.6) is 0 Å². The SMILES string of the molecule is CC/C=C\C/C=C\C/C=C\C/C=C\C/C=C\C/C=C\C/C=C\CCCCCCCCCCCCCC(=O)NC(COC1OC(CO)C(OC2OC(CO)C(OC3OC(CO)C(O)C(O)C3O)C(O)C2O)C(O)C1O)C(O)/C=C/CC/C=C/CC/C=C/CCCCCCCC. The molecule has 0 aromatic heterocycles. The Hall–Kier alpha value is -3.81. The zero-order valence-electron chi connectivity index (χ0n) is 56.9. The molecule has 0 radical (unpaired) electrons. The van der Waals surface area contributed by atoms with E-state index in [1.54, 1.807) is 6.08 Å². The van der Waals surface area contributed by atoms with Crippen LogP contribution in [-0.4, -0.2) is 193 Å². The van der Waals surface area contributed by atoms with Gasteiger partial charge in [0.2, 0.25) is 5.91 Å². The topological polar surface area (TPSA) is 307 Å². The molecular formula is C75H125NO18. The van der Waals surface area contributed by atoms with Gasteiger partial charge in [0, 0.05) is 6.42 Å². The minimum absolute atomic E-state index is 0.220. The first-order valence-electron chi connectivity index (χ1n) is 35.8. The largest absolute Gasteiger partial charge is 0.394 e. The van der Waals surface area contributed by atoms with Crippen LogP contribution in [0.15, 0.2) is 122 Å². The van der Waals surface area contributed by atoms with Crippen LogP contribution in [0.2, 0.25) is 0 Å². The molecule has 3 fully saturated rings. The van der Waals surface area contributed by atoms with E-state index in [1.807, 2.05) is 6.08 Å². The highest BCUT2D eigenvalue weighted by Gasteiger charge is 2.53. The van der Waals surface area contributed by atoms with E-state index in [-0.39, 0.29) is 18.9 Å². The first-order chi connectivity index (χ1) is 45.8. The lowest BCUT2D eigenvalue weighted by atomic mass is 9.96. The van der Waals surface area contributed by atoms with Crippen LogP contribution in [0.1, 0.15) is 213 Å². The number of amides is 1. The third kappa shape index (κ3) is 36.1. The molecule has 3 saturated heterocycles. The van der Waals surface area contributed by atoms with Gasteiger partial charge in [-0.1, -0.05) is 225 Å². The van der Waals surface area contributed by atoms with Crippen molar-refractivity contribution in [1.82, 2.24) is 5.32 Å². The van der Waals surface area contributed by atoms with Gasteiger partial charge in [0.1, 0.15) is 73.2 Å². The number of unbranched alkanes of at least 4 members (excludes halogenated alkanes) is 19. The van der Waals surface area contributed by atoms with Crippen LogP contribution in [0.3, 0.4) is 0 Å². The Bertz CT molecular complexity index is 2180. The maximum absolute atomic E-state index is 13.4. The van der Waals surface area contributed by atoms with E-state index in [0.717, 1.165) is 103 Å². The molecule has 3 heterocycles. The molecule has 0 aromatic rings. The van der Waals surface area contributed by atoms with Crippen LogP contribution >= 0.6 is 0 Å². The summed E-state index contributed by atoms with van der Waals surface area (Å²) in [5, 5.41) is 120. The number of carbonyl (C=O) groups is 1. The summed E-state index contributed by atoms with van der Waals surface area (Å²) in [6.45, 7) is 1.56. The molecule has 17 atom stereocenters. The molecule has 12 N–H and O–H groups in total. The fourth-order valence-electron chi connectivity index (χ4n) is 11.2. The second-order valence-corrected chi connectivity index (χ2v) is 24.9. The highest BCUT2D eigenvalue weighted by Crippen LogP contribution is 2.33. The van der Waals surface area contributed by atoms with Gasteiger partial charge < -0.3 is 89.9 Å². The lowest BCUT2D eigenvalue weighted by Gasteiger charge is -2.48. The molecule has 538 valence electrons. The van der Waals surface area contributed by atoms with Gasteiger partial charge in [-0.15, -0.1) is 0 Å². The Kier molecular flexibility index (Phi) is 49.5. The first-order valence-corrected chi connectivity index (χ1v) is 35.8. The molecule has 0 aliphatic carbocycles. The molecule has 17 unspecified atom stereocenters. The predicted octanol–water partition coefficient (Wildman–Crippen LogP) is 9.99. The van der Waals surface area contributed by atoms with E-state index in [2.05, 4.69) is 129 Å². The van der Waals surface area contributed by atoms with Crippen molar-refractivity contribution in [3.63, 3.8) is 0 Å². The summed E-state index contributed by atoms with van der Waals surface area (Å²) >= 11 is 0. The van der Waals surface area contributed by atoms with Crippen LogP contribution < -0.4 is 5.32 Å². The Morgan fingerprint density at radius 2 is 0.745 bits per heavy atom. The van der Waals surface area contributed by atoms with Crippen LogP contribution in [0.25, 0.3) is 0 Å². The van der Waals surface area contributed by atoms with Crippen molar-refractivity contribution in [3.05, 3.63) is 122 Å². The average Bonchev–Trinajstić information content (AvgIpc) is 0.787. The zero-order chi connectivity index (χ0) is 68.2. The van der Waals surface area contributed by atoms with E-state index in [9.17, 15) is 61.0 Å². The highest BCUT2D eigenvalue weighted by atomic mass is 16.8. The summed E-state index contributed by atoms with van der Waals surface area (Å²) in [5.41, 5.74) is 0. The molecule has 0 aromatic carbocycles. The van der Waals surface area contributed by atoms with Gasteiger partial charge in [-0.3, -0.25) is 4.79 Å². The fourth-order valence-corrected chi connectivity index (χ4v) is 11.2. The molecule has 0 bridgehead atoms. The second-order valence-electron chi connectivity index (χ2n) is 24.9. The van der Waals surface area contributed by atoms with Crippen molar-refractivity contribution < 1.29 is 89.4 Å². The maximum atomic E-state index is 13.4. The average molecular weight is 1330 g/mol. The smallest absolute Gasteiger partial charge is 0.220 e. The minimum atomic E-state index is -1.99. The van der Waals surface area contributed by atoms with Gasteiger partial charge in [-0.05, 0) is 103 Å². The zero-order valence-corrected chi connectivity index (χ0v) is 56.9. The summed E-state index contributed by atoms with van der Waals surface area (Å²) in [5.74, 6) is -0.299. The Labute approximate surface area is 563 Å². The maximum Gasteiger partial charge on any atom is 0.220 e. The number of carbonyl (C=O) groups excluding carboxylic acids is 1. The van der Waals surface area contributed by atoms with Crippen molar-refractivity contribution in [2.75, 3.05) is 26.4 Å². The van der Waals surface area contributed by atoms with Crippen molar-refractivity contribution in [2.45, 2.75) is 317 Å². The molecule has 19 nitrogen and oxygen atoms in total. The summed E-state index contributed by atoms with van der Waals surface area (Å²) in [6, 6.07) is -1.01. The van der Waals surface area contributed by atoms with Gasteiger partial charge in [0.05, 0.1) is 38.6 Å². The molecule has 3 aliphatic heterocycles. The number of aliphatic hydroxyl groups excluding tert-OH is 11. The number of nitrogens with one attached hydrogen (secondary N) is 1. The third-order valence-corrected chi connectivity index (χ3v) is 17.0. The van der Waals surface area contributed by atoms with Gasteiger partial charge in [0.15, 0.2) is 18.9 Å². The van der Waals surface area contributed by atoms with E-state index in [4.69, 9.17) is 28.4 Å². The fraction of sp³-hybridized carbons (Fsp3) is 0.720. The Balaban J connectivity index is 1.40. The normalized spacial score (nSPS) is 28.1. The van der Waals surface area contributed by atoms with Crippen LogP contribution in [0.4, 0.5) is 0 Å². The number of hydrogen-bond acceptors (Lipinski definition) is 18. The molecule has 0 saturated carbocycles. The van der Waals surface area contributed by atoms with E-state index >= 15 is 0 Å². The van der Waals surface area contributed by atoms with Gasteiger partial charge in [0.25, 0.3) is 0 Å². The molecule has 19 heteroatoms. The number of hydrogen-bond donors (Lipinski definition) is 12. The second kappa shape index (κ2) is 55.1. The molecule has 94 heavy (non-hydrogen) atoms. The van der Waals surface area contributed by atoms with E-state index in [1.165, 1.54) is 77.0 Å². The standard InChI is InChI=1S/C75H125NO18/c1-3-5-7-9-11-13-15-17-19-21-22-23-24-25-26-27-28-29-30-31-32-33-34-35-36-37-39-41-43-45-47-49-51-53-63(81)76-58(59(80)52-50-48-46-44-42-40-38-20-18-16-14-12-10-8-6-4-2)57-89-73-69(87)66(84)71(61(55-78)91-73)94-75-70(88)67(85)72(62(56-79)92-75)93-74-68(86)65(83)64(82)60(54-77)90-74/h5,7,11,13,17-20,22-23,25-26,28-29,31-32,42,44,50,52,58-62,64-75,77-80,82-88H,3-4,6,8-10,12,14-16,21,24,27,30,33-41,43,45-49,51,53-57H2,1-2H3,(H,76,81)/b7-5-,13-11-,19-17-,20-18+,23-22-,26-25-,29-28-,32-31-,44-42+,52-50+. The monoisotopic (exact) mass is 1330 g/mol. The van der Waals surface area contributed by atoms with Crippen molar-refractivity contribution in [1.29, 1.82) is 0 Å². The Morgan fingerprint density at radius 3 is 1.19 bits per heavy atom.